The van der Waals surface area contributed by atoms with Gasteiger partial charge in [-0.15, -0.1) is 0 Å². The van der Waals surface area contributed by atoms with E-state index in [0.717, 1.165) is 0 Å². The zero-order valence-corrected chi connectivity index (χ0v) is 14.2. The number of aliphatic carboxylic acids is 1. The molecule has 1 saturated heterocycles. The van der Waals surface area contributed by atoms with Crippen molar-refractivity contribution >= 4 is 22.7 Å². The van der Waals surface area contributed by atoms with Gasteiger partial charge in [0.2, 0.25) is 0 Å². The van der Waals surface area contributed by atoms with E-state index in [9.17, 15) is 9.90 Å². The van der Waals surface area contributed by atoms with Crippen molar-refractivity contribution in [1.82, 2.24) is 4.57 Å². The van der Waals surface area contributed by atoms with Gasteiger partial charge >= 0.3 is 5.97 Å². The lowest BCUT2D eigenvalue weighted by Crippen LogP contribution is -2.39. The lowest BCUT2D eigenvalue weighted by Gasteiger charge is -2.41. The number of hydrogen-bond donors (Lipinski definition) is 1. The summed E-state index contributed by atoms with van der Waals surface area (Å²) in [7, 11) is 2.18. The number of benzene rings is 1. The summed E-state index contributed by atoms with van der Waals surface area (Å²) in [6, 6.07) is 6.72. The van der Waals surface area contributed by atoms with E-state index in [0.29, 0.717) is 11.8 Å². The van der Waals surface area contributed by atoms with Crippen LogP contribution < -0.4 is 4.90 Å². The van der Waals surface area contributed by atoms with Gasteiger partial charge in [-0.25, -0.2) is 0 Å². The molecule has 126 valence electrons. The number of aromatic nitrogens is 1. The summed E-state index contributed by atoms with van der Waals surface area (Å²) in [6.45, 7) is 2.36. The van der Waals surface area contributed by atoms with E-state index in [1.165, 1.54) is 66.6 Å². The maximum Gasteiger partial charge on any atom is 0.303 e. The predicted octanol–water partition coefficient (Wildman–Crippen LogP) is 3.84. The zero-order valence-electron chi connectivity index (χ0n) is 14.2. The van der Waals surface area contributed by atoms with Gasteiger partial charge < -0.3 is 14.6 Å². The molecule has 2 aromatic rings. The molecule has 1 aromatic carbocycles. The largest absolute Gasteiger partial charge is 0.481 e. The van der Waals surface area contributed by atoms with E-state index in [1.54, 1.807) is 0 Å². The van der Waals surface area contributed by atoms with Crippen LogP contribution in [0.1, 0.15) is 55.1 Å². The molecular formula is C20H24N2O2. The second kappa shape index (κ2) is 5.01. The molecule has 1 N–H and O–H groups in total. The number of carbonyl (C=O) groups is 1. The van der Waals surface area contributed by atoms with Gasteiger partial charge in [-0.2, -0.15) is 0 Å². The molecular weight excluding hydrogens is 300 g/mol. The van der Waals surface area contributed by atoms with Gasteiger partial charge in [0.1, 0.15) is 5.82 Å². The third kappa shape index (κ3) is 2.01. The number of carboxylic acids is 1. The first-order chi connectivity index (χ1) is 11.6. The zero-order chi connectivity index (χ0) is 16.4. The molecule has 4 nitrogen and oxygen atoms in total. The minimum atomic E-state index is -0.674. The fourth-order valence-electron chi connectivity index (χ4n) is 5.12. The van der Waals surface area contributed by atoms with Gasteiger partial charge in [-0.3, -0.25) is 4.79 Å². The fraction of sp³-hybridized carbons (Fsp3) is 0.550. The predicted molar refractivity (Wildman–Crippen MR) is 94.8 cm³/mol. The first kappa shape index (κ1) is 14.4. The van der Waals surface area contributed by atoms with Crippen LogP contribution in [-0.2, 0) is 11.8 Å². The van der Waals surface area contributed by atoms with E-state index in [1.807, 2.05) is 0 Å². The number of anilines is 1. The summed E-state index contributed by atoms with van der Waals surface area (Å²) < 4.78 is 2.35. The van der Waals surface area contributed by atoms with Gasteiger partial charge in [0.15, 0.2) is 0 Å². The van der Waals surface area contributed by atoms with Crippen LogP contribution in [0.3, 0.4) is 0 Å². The van der Waals surface area contributed by atoms with E-state index >= 15 is 0 Å². The minimum Gasteiger partial charge on any atom is -0.481 e. The summed E-state index contributed by atoms with van der Waals surface area (Å²) in [6.07, 6.45) is 5.15. The summed E-state index contributed by atoms with van der Waals surface area (Å²) in [5, 5.41) is 10.7. The SMILES string of the molecule is Cn1c2c(c3cc(C(CC(=O)O)C4CC4)ccc31)C1CCN2CC1. The molecule has 2 bridgehead atoms. The van der Waals surface area contributed by atoms with Gasteiger partial charge in [-0.1, -0.05) is 6.07 Å². The number of piperidine rings is 1. The molecule has 1 aliphatic carbocycles. The molecule has 0 amide bonds. The van der Waals surface area contributed by atoms with Crippen LogP contribution in [0.15, 0.2) is 18.2 Å². The van der Waals surface area contributed by atoms with Crippen molar-refractivity contribution in [3.05, 3.63) is 29.3 Å². The number of aryl methyl sites for hydroxylation is 1. The Morgan fingerprint density at radius 3 is 2.67 bits per heavy atom. The monoisotopic (exact) mass is 324 g/mol. The molecule has 2 fully saturated rings. The smallest absolute Gasteiger partial charge is 0.303 e. The van der Waals surface area contributed by atoms with Crippen LogP contribution in [0.25, 0.3) is 10.9 Å². The number of nitrogens with zero attached hydrogens (tertiary/aromatic N) is 2. The molecule has 0 spiro atoms. The molecule has 6 rings (SSSR count). The molecule has 0 radical (unpaired) electrons. The molecule has 1 atom stereocenters. The lowest BCUT2D eigenvalue weighted by molar-refractivity contribution is -0.137. The Hall–Kier alpha value is -1.97. The molecule has 1 saturated carbocycles. The van der Waals surface area contributed by atoms with Crippen LogP contribution in [-0.4, -0.2) is 28.7 Å². The van der Waals surface area contributed by atoms with Gasteiger partial charge in [-0.05, 0) is 61.1 Å². The first-order valence-corrected chi connectivity index (χ1v) is 9.22. The maximum atomic E-state index is 11.3. The number of carboxylic acid groups (broad SMARTS) is 1. The van der Waals surface area contributed by atoms with Gasteiger partial charge in [0.25, 0.3) is 0 Å². The van der Waals surface area contributed by atoms with E-state index < -0.39 is 5.97 Å². The van der Waals surface area contributed by atoms with E-state index in [2.05, 4.69) is 34.7 Å². The van der Waals surface area contributed by atoms with Crippen molar-refractivity contribution in [2.45, 2.75) is 43.9 Å². The average molecular weight is 324 g/mol. The van der Waals surface area contributed by atoms with E-state index in [4.69, 9.17) is 0 Å². The first-order valence-electron chi connectivity index (χ1n) is 9.22. The standard InChI is InChI=1S/C20H24N2O2/c1-21-17-5-4-14(15(11-18(23)24)12-2-3-12)10-16(17)19-13-6-8-22(9-7-13)20(19)21/h4-5,10,12-13,15H,2-3,6-9,11H2,1H3,(H,23,24). The molecule has 24 heavy (non-hydrogen) atoms. The molecule has 3 aliphatic heterocycles. The summed E-state index contributed by atoms with van der Waals surface area (Å²) in [5.74, 6) is 2.17. The Morgan fingerprint density at radius 1 is 1.25 bits per heavy atom. The highest BCUT2D eigenvalue weighted by molar-refractivity contribution is 5.92. The van der Waals surface area contributed by atoms with Crippen molar-refractivity contribution in [3.63, 3.8) is 0 Å². The maximum absolute atomic E-state index is 11.3. The Labute approximate surface area is 142 Å². The topological polar surface area (TPSA) is 45.5 Å². The number of rotatable bonds is 4. The molecule has 1 aromatic heterocycles. The highest BCUT2D eigenvalue weighted by Gasteiger charge is 2.37. The summed E-state index contributed by atoms with van der Waals surface area (Å²) in [4.78, 5) is 13.8. The fourth-order valence-corrected chi connectivity index (χ4v) is 5.12. The van der Waals surface area contributed by atoms with Crippen molar-refractivity contribution < 1.29 is 9.90 Å². The molecule has 1 unspecified atom stereocenters. The third-order valence-electron chi connectivity index (χ3n) is 6.45. The van der Waals surface area contributed by atoms with E-state index in [-0.39, 0.29) is 12.3 Å². The Kier molecular flexibility index (Phi) is 3.00. The Bertz CT molecular complexity index is 826. The van der Waals surface area contributed by atoms with Crippen LogP contribution in [0.2, 0.25) is 0 Å². The van der Waals surface area contributed by atoms with Crippen molar-refractivity contribution in [3.8, 4) is 0 Å². The van der Waals surface area contributed by atoms with Crippen LogP contribution in [0, 0.1) is 5.92 Å². The van der Waals surface area contributed by atoms with Gasteiger partial charge in [0.05, 0.1) is 6.42 Å². The number of fused-ring (bicyclic) bond motifs is 3. The van der Waals surface area contributed by atoms with Crippen molar-refractivity contribution in [1.29, 1.82) is 0 Å². The van der Waals surface area contributed by atoms with Crippen LogP contribution >= 0.6 is 0 Å². The highest BCUT2D eigenvalue weighted by atomic mass is 16.4. The second-order valence-corrected chi connectivity index (χ2v) is 7.88. The molecule has 4 heterocycles. The molecule has 4 heteroatoms. The van der Waals surface area contributed by atoms with Gasteiger partial charge in [0, 0.05) is 36.6 Å². The van der Waals surface area contributed by atoms with Crippen LogP contribution in [0.4, 0.5) is 5.82 Å². The second-order valence-electron chi connectivity index (χ2n) is 7.88. The Morgan fingerprint density at radius 2 is 2.00 bits per heavy atom. The quantitative estimate of drug-likeness (QED) is 0.929. The average Bonchev–Trinajstić information content (AvgIpc) is 3.39. The summed E-state index contributed by atoms with van der Waals surface area (Å²) in [5.41, 5.74) is 4.06. The molecule has 4 aliphatic rings. The van der Waals surface area contributed by atoms with Crippen LogP contribution in [0.5, 0.6) is 0 Å². The highest BCUT2D eigenvalue weighted by Crippen LogP contribution is 2.49. The Balaban J connectivity index is 1.66. The third-order valence-corrected chi connectivity index (χ3v) is 6.45. The lowest BCUT2D eigenvalue weighted by atomic mass is 9.83. The van der Waals surface area contributed by atoms with Crippen molar-refractivity contribution in [2.24, 2.45) is 13.0 Å². The van der Waals surface area contributed by atoms with Crippen molar-refractivity contribution in [2.75, 3.05) is 18.0 Å². The summed E-state index contributed by atoms with van der Waals surface area (Å²) >= 11 is 0. The minimum absolute atomic E-state index is 0.184. The normalized spacial score (nSPS) is 21.3. The number of hydrogen-bond acceptors (Lipinski definition) is 2.